The molecule has 0 atom stereocenters. The Morgan fingerprint density at radius 2 is 1.91 bits per heavy atom. The Morgan fingerprint density at radius 3 is 2.55 bits per heavy atom. The molecule has 170 valence electrons. The molecule has 0 fully saturated rings. The molecule has 11 heteroatoms. The maximum absolute atomic E-state index is 13.4. The summed E-state index contributed by atoms with van der Waals surface area (Å²) in [5, 5.41) is 36.8. The van der Waals surface area contributed by atoms with Crippen LogP contribution in [0, 0.1) is 10.1 Å². The maximum Gasteiger partial charge on any atom is 0.387 e. The number of nitro groups is 1. The Morgan fingerprint density at radius 1 is 1.18 bits per heavy atom. The fraction of sp³-hybridized carbons (Fsp3) is 0.0909. The maximum atomic E-state index is 13.4. The molecule has 0 saturated heterocycles. The van der Waals surface area contributed by atoms with E-state index in [0.29, 0.717) is 11.3 Å². The molecule has 0 bridgehead atoms. The summed E-state index contributed by atoms with van der Waals surface area (Å²) < 4.78 is 30.4. The number of alkyl halides is 2. The monoisotopic (exact) mass is 473 g/mol. The van der Waals surface area contributed by atoms with Crippen molar-refractivity contribution in [3.05, 3.63) is 94.3 Å². The second-order valence-electron chi connectivity index (χ2n) is 6.62. The van der Waals surface area contributed by atoms with Crippen LogP contribution < -0.4 is 19.7 Å². The summed E-state index contributed by atoms with van der Waals surface area (Å²) in [6.07, 6.45) is 3.04. The predicted octanol–water partition coefficient (Wildman–Crippen LogP) is 3.10. The molecule has 0 aliphatic carbocycles. The van der Waals surface area contributed by atoms with Crippen molar-refractivity contribution in [3.63, 3.8) is 0 Å². The Kier molecular flexibility index (Phi) is 7.59. The normalized spacial score (nSPS) is 11.6. The number of aliphatic hydroxyl groups excluding tert-OH is 1. The fourth-order valence-corrected chi connectivity index (χ4v) is 3.22. The predicted molar refractivity (Wildman–Crippen MR) is 118 cm³/mol. The molecule has 8 nitrogen and oxygen atoms in total. The zero-order valence-electron chi connectivity index (χ0n) is 16.9. The van der Waals surface area contributed by atoms with Gasteiger partial charge in [0.25, 0.3) is 5.69 Å². The number of aliphatic hydroxyl groups is 1. The number of nitro benzene ring substituents is 1. The zero-order valence-corrected chi connectivity index (χ0v) is 17.7. The largest absolute Gasteiger partial charge is 0.867 e. The van der Waals surface area contributed by atoms with Crippen LogP contribution in [-0.4, -0.2) is 21.6 Å². The summed E-state index contributed by atoms with van der Waals surface area (Å²) in [4.78, 5) is 10.5. The van der Waals surface area contributed by atoms with Crippen molar-refractivity contribution in [3.8, 4) is 5.75 Å². The first-order valence-corrected chi connectivity index (χ1v) is 9.83. The van der Waals surface area contributed by atoms with Crippen LogP contribution in [0.3, 0.4) is 0 Å². The van der Waals surface area contributed by atoms with Crippen LogP contribution in [0.2, 0.25) is 0 Å². The molecule has 0 saturated carbocycles. The minimum absolute atomic E-state index is 0.0332. The summed E-state index contributed by atoms with van der Waals surface area (Å²) in [5.74, 6) is -0.655. The second kappa shape index (κ2) is 10.6. The van der Waals surface area contributed by atoms with E-state index in [1.807, 2.05) is 0 Å². The van der Waals surface area contributed by atoms with Gasteiger partial charge in [-0.3, -0.25) is 10.1 Å². The van der Waals surface area contributed by atoms with Crippen LogP contribution in [0.25, 0.3) is 11.5 Å². The van der Waals surface area contributed by atoms with Crippen molar-refractivity contribution >= 4 is 40.0 Å². The second-order valence-corrected chi connectivity index (χ2v) is 7.03. The van der Waals surface area contributed by atoms with Gasteiger partial charge in [-0.05, 0) is 41.7 Å². The summed E-state index contributed by atoms with van der Waals surface area (Å²) in [6, 6.07) is 13.9. The minimum Gasteiger partial charge on any atom is -0.867 e. The van der Waals surface area contributed by atoms with Crippen LogP contribution in [0.15, 0.2) is 73.1 Å². The molecular weight excluding hydrogens is 456 g/mol. The molecule has 33 heavy (non-hydrogen) atoms. The number of thiocarbonyl (C=S) groups is 1. The standard InChI is InChI=1S/C22H17F2N3O5S/c23-22(24)32-18-8-6-16(7-9-18)25-21(33)19(26-10-2-3-14(12-26)13-28)20(29)15-4-1-5-17(11-15)27(30)31/h1-12,22,28H,13H2,(H-,25,29,33). The van der Waals surface area contributed by atoms with Crippen molar-refractivity contribution < 1.29 is 33.2 Å². The van der Waals surface area contributed by atoms with Crippen molar-refractivity contribution in [2.45, 2.75) is 13.2 Å². The third kappa shape index (κ3) is 6.05. The molecule has 0 unspecified atom stereocenters. The number of aromatic nitrogens is 1. The van der Waals surface area contributed by atoms with Gasteiger partial charge in [0.1, 0.15) is 5.75 Å². The van der Waals surface area contributed by atoms with E-state index in [1.165, 1.54) is 59.4 Å². The van der Waals surface area contributed by atoms with Crippen LogP contribution >= 0.6 is 12.2 Å². The van der Waals surface area contributed by atoms with Gasteiger partial charge in [0.05, 0.1) is 11.5 Å². The molecule has 2 N–H and O–H groups in total. The lowest BCUT2D eigenvalue weighted by Gasteiger charge is -2.17. The molecule has 2 aromatic carbocycles. The Balaban J connectivity index is 2.03. The zero-order chi connectivity index (χ0) is 24.0. The summed E-state index contributed by atoms with van der Waals surface area (Å²) in [6.45, 7) is -3.25. The molecule has 1 heterocycles. The quantitative estimate of drug-likeness (QED) is 0.129. The number of nitrogens with zero attached hydrogens (tertiary/aromatic N) is 2. The van der Waals surface area contributed by atoms with Gasteiger partial charge in [-0.1, -0.05) is 24.4 Å². The van der Waals surface area contributed by atoms with E-state index in [0.717, 1.165) is 6.07 Å². The van der Waals surface area contributed by atoms with Crippen LogP contribution in [0.4, 0.5) is 20.2 Å². The lowest BCUT2D eigenvalue weighted by atomic mass is 10.1. The SMILES string of the molecule is O=[N+]([O-])c1cccc(/C([O-])=C(/C(=S)Nc2ccc(OC(F)F)cc2)[n+]2cccc(CO)c2)c1. The topological polar surface area (TPSA) is 112 Å². The van der Waals surface area contributed by atoms with Crippen molar-refractivity contribution in [2.75, 3.05) is 5.32 Å². The van der Waals surface area contributed by atoms with Crippen molar-refractivity contribution in [1.82, 2.24) is 0 Å². The number of hydrogen-bond acceptors (Lipinski definition) is 6. The average Bonchev–Trinajstić information content (AvgIpc) is 2.80. The molecule has 0 aliphatic heterocycles. The lowest BCUT2D eigenvalue weighted by Crippen LogP contribution is -2.40. The van der Waals surface area contributed by atoms with Crippen LogP contribution in [0.1, 0.15) is 11.1 Å². The van der Waals surface area contributed by atoms with Gasteiger partial charge in [0.15, 0.2) is 17.4 Å². The van der Waals surface area contributed by atoms with E-state index in [2.05, 4.69) is 10.1 Å². The van der Waals surface area contributed by atoms with E-state index in [-0.39, 0.29) is 34.3 Å². The summed E-state index contributed by atoms with van der Waals surface area (Å²) >= 11 is 5.44. The van der Waals surface area contributed by atoms with E-state index in [9.17, 15) is 29.1 Å². The van der Waals surface area contributed by atoms with E-state index in [1.54, 1.807) is 12.1 Å². The first-order valence-electron chi connectivity index (χ1n) is 9.42. The Hall–Kier alpha value is -3.96. The van der Waals surface area contributed by atoms with Crippen molar-refractivity contribution in [2.24, 2.45) is 0 Å². The molecule has 1 aromatic heterocycles. The first-order chi connectivity index (χ1) is 15.8. The molecular formula is C22H17F2N3O5S. The number of halogens is 2. The summed E-state index contributed by atoms with van der Waals surface area (Å²) in [7, 11) is 0. The highest BCUT2D eigenvalue weighted by atomic mass is 32.1. The van der Waals surface area contributed by atoms with Gasteiger partial charge in [-0.15, -0.1) is 0 Å². The van der Waals surface area contributed by atoms with E-state index in [4.69, 9.17) is 12.2 Å². The molecule has 3 aromatic rings. The Bertz CT molecular complexity index is 1200. The molecule has 0 radical (unpaired) electrons. The number of ether oxygens (including phenoxy) is 1. The number of benzene rings is 2. The highest BCUT2D eigenvalue weighted by molar-refractivity contribution is 7.81. The van der Waals surface area contributed by atoms with E-state index < -0.39 is 17.3 Å². The number of hydrogen-bond donors (Lipinski definition) is 2. The molecule has 0 amide bonds. The molecule has 0 aliphatic rings. The van der Waals surface area contributed by atoms with Gasteiger partial charge >= 0.3 is 6.61 Å². The minimum atomic E-state index is -2.97. The molecule has 0 spiro atoms. The molecule has 3 rings (SSSR count). The summed E-state index contributed by atoms with van der Waals surface area (Å²) in [5.41, 5.74) is 0.630. The third-order valence-electron chi connectivity index (χ3n) is 4.39. The van der Waals surface area contributed by atoms with Gasteiger partial charge < -0.3 is 20.3 Å². The van der Waals surface area contributed by atoms with Crippen LogP contribution in [0.5, 0.6) is 5.75 Å². The average molecular weight is 473 g/mol. The smallest absolute Gasteiger partial charge is 0.387 e. The van der Waals surface area contributed by atoms with Crippen LogP contribution in [-0.2, 0) is 6.61 Å². The number of non-ortho nitro benzene ring substituents is 1. The third-order valence-corrected chi connectivity index (χ3v) is 4.68. The van der Waals surface area contributed by atoms with Gasteiger partial charge in [-0.2, -0.15) is 13.3 Å². The number of pyridine rings is 1. The van der Waals surface area contributed by atoms with Gasteiger partial charge in [0.2, 0.25) is 5.70 Å². The highest BCUT2D eigenvalue weighted by Gasteiger charge is 2.20. The van der Waals surface area contributed by atoms with E-state index >= 15 is 0 Å². The first kappa shape index (κ1) is 23.7. The highest BCUT2D eigenvalue weighted by Crippen LogP contribution is 2.22. The Labute approximate surface area is 192 Å². The van der Waals surface area contributed by atoms with Gasteiger partial charge in [-0.25, -0.2) is 0 Å². The number of rotatable bonds is 8. The number of nitrogens with one attached hydrogen (secondary N) is 1. The lowest BCUT2D eigenvalue weighted by molar-refractivity contribution is -0.578. The van der Waals surface area contributed by atoms with Gasteiger partial charge in [0, 0.05) is 29.4 Å². The number of anilines is 1. The fourth-order valence-electron chi connectivity index (χ4n) is 2.90. The van der Waals surface area contributed by atoms with Crippen molar-refractivity contribution in [1.29, 1.82) is 0 Å².